The summed E-state index contributed by atoms with van der Waals surface area (Å²) < 4.78 is 26.8. The van der Waals surface area contributed by atoms with E-state index in [-0.39, 0.29) is 0 Å². The molecule has 1 aromatic carbocycles. The molecule has 0 bridgehead atoms. The molecule has 1 aliphatic rings. The summed E-state index contributed by atoms with van der Waals surface area (Å²) in [6.45, 7) is 6.67. The molecule has 1 saturated heterocycles. The zero-order chi connectivity index (χ0) is 15.5. The Morgan fingerprint density at radius 1 is 1.14 bits per heavy atom. The summed E-state index contributed by atoms with van der Waals surface area (Å²) in [4.78, 5) is 4.88. The standard InChI is InChI=1S/C15H25N3O2S/c1-14-5-4-6-15(13-14)21(19,20)18-11-9-17(10-12-18)8-7-16(2)3/h4-6,13H,7-12H2,1-3H3. The minimum absolute atomic E-state index is 0.407. The van der Waals surface area contributed by atoms with Gasteiger partial charge in [-0.25, -0.2) is 8.42 Å². The average Bonchev–Trinajstić information content (AvgIpc) is 2.45. The first-order valence-electron chi connectivity index (χ1n) is 7.33. The lowest BCUT2D eigenvalue weighted by molar-refractivity contribution is 0.174. The van der Waals surface area contributed by atoms with Gasteiger partial charge in [0.25, 0.3) is 0 Å². The minimum atomic E-state index is -3.34. The van der Waals surface area contributed by atoms with Crippen molar-refractivity contribution < 1.29 is 8.42 Å². The fourth-order valence-corrected chi connectivity index (χ4v) is 3.99. The van der Waals surface area contributed by atoms with Crippen molar-refractivity contribution in [2.24, 2.45) is 0 Å². The summed E-state index contributed by atoms with van der Waals surface area (Å²) in [5, 5.41) is 0. The Morgan fingerprint density at radius 2 is 1.81 bits per heavy atom. The van der Waals surface area contributed by atoms with Gasteiger partial charge in [-0.2, -0.15) is 4.31 Å². The zero-order valence-electron chi connectivity index (χ0n) is 13.1. The van der Waals surface area contributed by atoms with Crippen molar-refractivity contribution in [2.45, 2.75) is 11.8 Å². The molecular formula is C15H25N3O2S. The molecule has 0 saturated carbocycles. The van der Waals surface area contributed by atoms with Crippen LogP contribution in [0.15, 0.2) is 29.2 Å². The van der Waals surface area contributed by atoms with Crippen molar-refractivity contribution >= 4 is 10.0 Å². The van der Waals surface area contributed by atoms with Crippen LogP contribution in [-0.4, -0.2) is 75.9 Å². The monoisotopic (exact) mass is 311 g/mol. The Bertz CT molecular complexity index is 564. The highest BCUT2D eigenvalue weighted by molar-refractivity contribution is 7.89. The van der Waals surface area contributed by atoms with E-state index in [1.165, 1.54) is 0 Å². The Hall–Kier alpha value is -0.950. The van der Waals surface area contributed by atoms with Gasteiger partial charge in [0.15, 0.2) is 0 Å². The van der Waals surface area contributed by atoms with Gasteiger partial charge < -0.3 is 4.90 Å². The van der Waals surface area contributed by atoms with Crippen LogP contribution in [0.4, 0.5) is 0 Å². The maximum atomic E-state index is 12.6. The van der Waals surface area contributed by atoms with Crippen molar-refractivity contribution in [3.05, 3.63) is 29.8 Å². The fraction of sp³-hybridized carbons (Fsp3) is 0.600. The number of hydrogen-bond donors (Lipinski definition) is 0. The molecule has 0 atom stereocenters. The lowest BCUT2D eigenvalue weighted by Crippen LogP contribution is -2.49. The van der Waals surface area contributed by atoms with Crippen molar-refractivity contribution in [3.8, 4) is 0 Å². The van der Waals surface area contributed by atoms with Crippen molar-refractivity contribution in [2.75, 3.05) is 53.4 Å². The molecule has 0 N–H and O–H groups in total. The van der Waals surface area contributed by atoms with E-state index in [2.05, 4.69) is 23.9 Å². The van der Waals surface area contributed by atoms with Crippen molar-refractivity contribution in [1.29, 1.82) is 0 Å². The van der Waals surface area contributed by atoms with Gasteiger partial charge >= 0.3 is 0 Å². The SMILES string of the molecule is Cc1cccc(S(=O)(=O)N2CCN(CCN(C)C)CC2)c1. The van der Waals surface area contributed by atoms with E-state index in [1.807, 2.05) is 13.0 Å². The van der Waals surface area contributed by atoms with E-state index in [4.69, 9.17) is 0 Å². The van der Waals surface area contributed by atoms with Gasteiger partial charge in [0.2, 0.25) is 10.0 Å². The van der Waals surface area contributed by atoms with Crippen LogP contribution < -0.4 is 0 Å². The first-order valence-corrected chi connectivity index (χ1v) is 8.77. The number of nitrogens with zero attached hydrogens (tertiary/aromatic N) is 3. The van der Waals surface area contributed by atoms with Gasteiger partial charge in [-0.3, -0.25) is 4.90 Å². The average molecular weight is 311 g/mol. The summed E-state index contributed by atoms with van der Waals surface area (Å²) >= 11 is 0. The molecule has 5 nitrogen and oxygen atoms in total. The van der Waals surface area contributed by atoms with Gasteiger partial charge in [0.1, 0.15) is 0 Å². The molecule has 0 aliphatic carbocycles. The van der Waals surface area contributed by atoms with Crippen LogP contribution in [0.1, 0.15) is 5.56 Å². The number of rotatable bonds is 5. The Morgan fingerprint density at radius 3 is 2.38 bits per heavy atom. The third kappa shape index (κ3) is 4.26. The molecule has 2 rings (SSSR count). The Labute approximate surface area is 128 Å². The number of benzene rings is 1. The maximum Gasteiger partial charge on any atom is 0.243 e. The number of hydrogen-bond acceptors (Lipinski definition) is 4. The smallest absolute Gasteiger partial charge is 0.243 e. The van der Waals surface area contributed by atoms with E-state index in [0.29, 0.717) is 18.0 Å². The van der Waals surface area contributed by atoms with E-state index in [0.717, 1.165) is 31.7 Å². The van der Waals surface area contributed by atoms with Crippen LogP contribution in [0.2, 0.25) is 0 Å². The third-order valence-electron chi connectivity index (χ3n) is 3.82. The molecule has 1 fully saturated rings. The van der Waals surface area contributed by atoms with E-state index >= 15 is 0 Å². The Balaban J connectivity index is 1.98. The van der Waals surface area contributed by atoms with Gasteiger partial charge in [0.05, 0.1) is 4.90 Å². The Kier molecular flexibility index (Phi) is 5.37. The van der Waals surface area contributed by atoms with Crippen LogP contribution in [0.3, 0.4) is 0 Å². The molecule has 6 heteroatoms. The van der Waals surface area contributed by atoms with Crippen LogP contribution in [0.25, 0.3) is 0 Å². The summed E-state index contributed by atoms with van der Waals surface area (Å²) in [6.07, 6.45) is 0. The normalized spacial score (nSPS) is 18.3. The molecule has 0 unspecified atom stereocenters. The largest absolute Gasteiger partial charge is 0.308 e. The van der Waals surface area contributed by atoms with E-state index in [9.17, 15) is 8.42 Å². The van der Waals surface area contributed by atoms with E-state index < -0.39 is 10.0 Å². The van der Waals surface area contributed by atoms with Gasteiger partial charge in [0, 0.05) is 39.3 Å². The molecule has 0 amide bonds. The molecule has 0 radical (unpaired) electrons. The highest BCUT2D eigenvalue weighted by Crippen LogP contribution is 2.18. The first-order chi connectivity index (χ1) is 9.89. The molecule has 21 heavy (non-hydrogen) atoms. The molecule has 0 aromatic heterocycles. The number of sulfonamides is 1. The predicted octanol–water partition coefficient (Wildman–Crippen LogP) is 0.863. The lowest BCUT2D eigenvalue weighted by Gasteiger charge is -2.34. The summed E-state index contributed by atoms with van der Waals surface area (Å²) in [5.74, 6) is 0. The molecule has 1 aliphatic heterocycles. The van der Waals surface area contributed by atoms with Crippen molar-refractivity contribution in [1.82, 2.24) is 14.1 Å². The topological polar surface area (TPSA) is 43.9 Å². The maximum absolute atomic E-state index is 12.6. The van der Waals surface area contributed by atoms with Gasteiger partial charge in [-0.05, 0) is 38.7 Å². The van der Waals surface area contributed by atoms with E-state index in [1.54, 1.807) is 22.5 Å². The molecule has 1 heterocycles. The number of likely N-dealkylation sites (N-methyl/N-ethyl adjacent to an activating group) is 1. The number of piperazine rings is 1. The van der Waals surface area contributed by atoms with Crippen molar-refractivity contribution in [3.63, 3.8) is 0 Å². The second-order valence-corrected chi connectivity index (χ2v) is 7.80. The first kappa shape index (κ1) is 16.4. The number of aryl methyl sites for hydroxylation is 1. The molecule has 0 spiro atoms. The quantitative estimate of drug-likeness (QED) is 0.809. The van der Waals surface area contributed by atoms with Gasteiger partial charge in [-0.1, -0.05) is 12.1 Å². The molecule has 118 valence electrons. The summed E-state index contributed by atoms with van der Waals surface area (Å²) in [7, 11) is 0.765. The molecule has 1 aromatic rings. The third-order valence-corrected chi connectivity index (χ3v) is 5.72. The highest BCUT2D eigenvalue weighted by atomic mass is 32.2. The predicted molar refractivity (Wildman–Crippen MR) is 84.9 cm³/mol. The van der Waals surface area contributed by atoms with Crippen LogP contribution >= 0.6 is 0 Å². The second kappa shape index (κ2) is 6.87. The summed E-state index contributed by atoms with van der Waals surface area (Å²) in [6, 6.07) is 7.14. The summed E-state index contributed by atoms with van der Waals surface area (Å²) in [5.41, 5.74) is 0.973. The van der Waals surface area contributed by atoms with Gasteiger partial charge in [-0.15, -0.1) is 0 Å². The highest BCUT2D eigenvalue weighted by Gasteiger charge is 2.28. The van der Waals surface area contributed by atoms with Crippen LogP contribution in [0, 0.1) is 6.92 Å². The minimum Gasteiger partial charge on any atom is -0.308 e. The lowest BCUT2D eigenvalue weighted by atomic mass is 10.2. The zero-order valence-corrected chi connectivity index (χ0v) is 13.9. The molecular weight excluding hydrogens is 286 g/mol. The second-order valence-electron chi connectivity index (χ2n) is 5.87. The van der Waals surface area contributed by atoms with Crippen LogP contribution in [0.5, 0.6) is 0 Å². The fourth-order valence-electron chi connectivity index (χ4n) is 2.46. The van der Waals surface area contributed by atoms with Crippen LogP contribution in [-0.2, 0) is 10.0 Å².